The molecule has 1 aromatic carbocycles. The lowest BCUT2D eigenvalue weighted by Gasteiger charge is -2.30. The maximum Gasteiger partial charge on any atom is 0.225 e. The van der Waals surface area contributed by atoms with E-state index in [4.69, 9.17) is 22.2 Å². The van der Waals surface area contributed by atoms with Gasteiger partial charge in [0.05, 0.1) is 5.52 Å². The van der Waals surface area contributed by atoms with Gasteiger partial charge in [0.15, 0.2) is 5.11 Å². The van der Waals surface area contributed by atoms with Crippen LogP contribution in [0.4, 0.5) is 11.8 Å². The van der Waals surface area contributed by atoms with E-state index in [2.05, 4.69) is 28.9 Å². The van der Waals surface area contributed by atoms with E-state index in [9.17, 15) is 0 Å². The second-order valence-electron chi connectivity index (χ2n) is 8.44. The fourth-order valence-corrected chi connectivity index (χ4v) is 4.29. The molecule has 0 spiro atoms. The SMILES string of the molecule is CCCCCCNC(=S)N[C@H]1CC[C@@H](Nc2nc(N(C)C)c3ccccc3n2)CC1. The fraction of sp³-hybridized carbons (Fsp3) is 0.609. The smallest absolute Gasteiger partial charge is 0.225 e. The highest BCUT2D eigenvalue weighted by Crippen LogP contribution is 2.26. The monoisotopic (exact) mass is 428 g/mol. The standard InChI is InChI=1S/C23H36N6S/c1-4-5-6-9-16-24-23(30)26-18-14-12-17(13-15-18)25-22-27-20-11-8-7-10-19(20)21(28-22)29(2)3/h7-8,10-11,17-18H,4-6,9,12-16H2,1-3H3,(H2,24,26,30)(H,25,27,28)/t17-,18+. The first kappa shape index (κ1) is 22.5. The molecule has 3 rings (SSSR count). The predicted octanol–water partition coefficient (Wildman–Crippen LogP) is 4.46. The van der Waals surface area contributed by atoms with Crippen LogP contribution in [0, 0.1) is 0 Å². The summed E-state index contributed by atoms with van der Waals surface area (Å²) in [4.78, 5) is 11.6. The Morgan fingerprint density at radius 1 is 1.03 bits per heavy atom. The lowest BCUT2D eigenvalue weighted by molar-refractivity contribution is 0.385. The van der Waals surface area contributed by atoms with Crippen LogP contribution in [-0.4, -0.2) is 47.8 Å². The van der Waals surface area contributed by atoms with Crippen LogP contribution in [0.3, 0.4) is 0 Å². The molecule has 164 valence electrons. The molecule has 0 atom stereocenters. The highest BCUT2D eigenvalue weighted by molar-refractivity contribution is 7.80. The highest BCUT2D eigenvalue weighted by atomic mass is 32.1. The van der Waals surface area contributed by atoms with Gasteiger partial charge in [0.2, 0.25) is 5.95 Å². The number of anilines is 2. The summed E-state index contributed by atoms with van der Waals surface area (Å²) in [6, 6.07) is 9.03. The minimum atomic E-state index is 0.398. The number of hydrogen-bond acceptors (Lipinski definition) is 5. The van der Waals surface area contributed by atoms with E-state index in [1.807, 2.05) is 37.2 Å². The van der Waals surface area contributed by atoms with E-state index in [0.717, 1.165) is 60.0 Å². The van der Waals surface area contributed by atoms with Gasteiger partial charge in [-0.05, 0) is 56.5 Å². The lowest BCUT2D eigenvalue weighted by atomic mass is 9.91. The minimum absolute atomic E-state index is 0.398. The molecule has 6 nitrogen and oxygen atoms in total. The Balaban J connectivity index is 1.47. The predicted molar refractivity (Wildman–Crippen MR) is 131 cm³/mol. The van der Waals surface area contributed by atoms with E-state index in [1.165, 1.54) is 25.7 Å². The van der Waals surface area contributed by atoms with Gasteiger partial charge in [-0.3, -0.25) is 0 Å². The lowest BCUT2D eigenvalue weighted by Crippen LogP contribution is -2.45. The zero-order chi connectivity index (χ0) is 21.3. The Labute approximate surface area is 186 Å². The first-order chi connectivity index (χ1) is 14.6. The molecule has 0 saturated heterocycles. The Morgan fingerprint density at radius 3 is 2.50 bits per heavy atom. The van der Waals surface area contributed by atoms with E-state index in [1.54, 1.807) is 0 Å². The van der Waals surface area contributed by atoms with Crippen LogP contribution in [-0.2, 0) is 0 Å². The van der Waals surface area contributed by atoms with Crippen molar-refractivity contribution in [1.82, 2.24) is 20.6 Å². The number of fused-ring (bicyclic) bond motifs is 1. The summed E-state index contributed by atoms with van der Waals surface area (Å²) in [6.07, 6.45) is 9.40. The van der Waals surface area contributed by atoms with Gasteiger partial charge in [0.25, 0.3) is 0 Å². The average Bonchev–Trinajstić information content (AvgIpc) is 2.74. The fourth-order valence-electron chi connectivity index (χ4n) is 4.02. The van der Waals surface area contributed by atoms with Crippen molar-refractivity contribution in [2.24, 2.45) is 0 Å². The molecule has 1 saturated carbocycles. The van der Waals surface area contributed by atoms with Gasteiger partial charge in [0, 0.05) is 38.1 Å². The normalized spacial score (nSPS) is 18.8. The number of para-hydroxylation sites is 1. The molecule has 0 radical (unpaired) electrons. The molecular weight excluding hydrogens is 392 g/mol. The van der Waals surface area contributed by atoms with Crippen molar-refractivity contribution in [1.29, 1.82) is 0 Å². The molecule has 0 amide bonds. The number of nitrogens with one attached hydrogen (secondary N) is 3. The zero-order valence-electron chi connectivity index (χ0n) is 18.6. The first-order valence-electron chi connectivity index (χ1n) is 11.3. The van der Waals surface area contributed by atoms with Crippen molar-refractivity contribution in [2.75, 3.05) is 30.9 Å². The molecule has 0 aliphatic heterocycles. The quantitative estimate of drug-likeness (QED) is 0.402. The van der Waals surface area contributed by atoms with Gasteiger partial charge in [-0.1, -0.05) is 38.3 Å². The van der Waals surface area contributed by atoms with Crippen molar-refractivity contribution in [3.05, 3.63) is 24.3 Å². The number of aromatic nitrogens is 2. The molecule has 1 aliphatic carbocycles. The molecule has 1 fully saturated rings. The van der Waals surface area contributed by atoms with Crippen molar-refractivity contribution < 1.29 is 0 Å². The Hall–Kier alpha value is -2.15. The van der Waals surface area contributed by atoms with Crippen LogP contribution in [0.15, 0.2) is 24.3 Å². The molecule has 3 N–H and O–H groups in total. The Bertz CT molecular complexity index is 816. The molecule has 1 aromatic heterocycles. The van der Waals surface area contributed by atoms with E-state index < -0.39 is 0 Å². The second kappa shape index (κ2) is 11.3. The number of thiocarbonyl (C=S) groups is 1. The van der Waals surface area contributed by atoms with Gasteiger partial charge in [-0.15, -0.1) is 0 Å². The molecule has 30 heavy (non-hydrogen) atoms. The van der Waals surface area contributed by atoms with E-state index in [-0.39, 0.29) is 0 Å². The summed E-state index contributed by atoms with van der Waals surface area (Å²) >= 11 is 5.47. The van der Waals surface area contributed by atoms with Crippen LogP contribution in [0.1, 0.15) is 58.3 Å². The van der Waals surface area contributed by atoms with Gasteiger partial charge in [-0.2, -0.15) is 4.98 Å². The summed E-state index contributed by atoms with van der Waals surface area (Å²) < 4.78 is 0. The van der Waals surface area contributed by atoms with Gasteiger partial charge in [0.1, 0.15) is 5.82 Å². The van der Waals surface area contributed by atoms with Crippen LogP contribution >= 0.6 is 12.2 Å². The van der Waals surface area contributed by atoms with Crippen molar-refractivity contribution >= 4 is 40.0 Å². The average molecular weight is 429 g/mol. The van der Waals surface area contributed by atoms with Gasteiger partial charge < -0.3 is 20.9 Å². The van der Waals surface area contributed by atoms with Crippen molar-refractivity contribution in [3.63, 3.8) is 0 Å². The zero-order valence-corrected chi connectivity index (χ0v) is 19.4. The van der Waals surface area contributed by atoms with Crippen LogP contribution in [0.5, 0.6) is 0 Å². The Morgan fingerprint density at radius 2 is 1.77 bits per heavy atom. The molecule has 0 bridgehead atoms. The first-order valence-corrected chi connectivity index (χ1v) is 11.7. The maximum absolute atomic E-state index is 5.47. The summed E-state index contributed by atoms with van der Waals surface area (Å²) in [5.74, 6) is 1.67. The van der Waals surface area contributed by atoms with E-state index in [0.29, 0.717) is 12.1 Å². The summed E-state index contributed by atoms with van der Waals surface area (Å²) in [7, 11) is 4.05. The number of benzene rings is 1. The number of rotatable bonds is 9. The molecule has 7 heteroatoms. The van der Waals surface area contributed by atoms with Crippen molar-refractivity contribution in [3.8, 4) is 0 Å². The highest BCUT2D eigenvalue weighted by Gasteiger charge is 2.22. The number of hydrogen-bond donors (Lipinski definition) is 3. The third kappa shape index (κ3) is 6.42. The summed E-state index contributed by atoms with van der Waals surface area (Å²) in [5, 5.41) is 12.3. The maximum atomic E-state index is 5.47. The minimum Gasteiger partial charge on any atom is -0.363 e. The van der Waals surface area contributed by atoms with Crippen LogP contribution in [0.2, 0.25) is 0 Å². The molecule has 1 heterocycles. The number of unbranched alkanes of at least 4 members (excludes halogenated alkanes) is 3. The molecule has 0 unspecified atom stereocenters. The third-order valence-corrected chi connectivity index (χ3v) is 5.98. The largest absolute Gasteiger partial charge is 0.363 e. The van der Waals surface area contributed by atoms with Crippen LogP contribution < -0.4 is 20.9 Å². The van der Waals surface area contributed by atoms with Crippen LogP contribution in [0.25, 0.3) is 10.9 Å². The summed E-state index contributed by atoms with van der Waals surface area (Å²) in [5.41, 5.74) is 0.976. The second-order valence-corrected chi connectivity index (χ2v) is 8.84. The van der Waals surface area contributed by atoms with Gasteiger partial charge >= 0.3 is 0 Å². The topological polar surface area (TPSA) is 65.1 Å². The molecular formula is C23H36N6S. The van der Waals surface area contributed by atoms with Gasteiger partial charge in [-0.25, -0.2) is 4.98 Å². The third-order valence-electron chi connectivity index (χ3n) is 5.72. The molecule has 1 aliphatic rings. The Kier molecular flexibility index (Phi) is 8.49. The molecule has 2 aromatic rings. The summed E-state index contributed by atoms with van der Waals surface area (Å²) in [6.45, 7) is 3.20. The van der Waals surface area contributed by atoms with Crippen molar-refractivity contribution in [2.45, 2.75) is 70.4 Å². The number of nitrogens with zero attached hydrogens (tertiary/aromatic N) is 3. The van der Waals surface area contributed by atoms with E-state index >= 15 is 0 Å².